The lowest BCUT2D eigenvalue weighted by Crippen LogP contribution is -2.43. The molecule has 43 heavy (non-hydrogen) atoms. The van der Waals surface area contributed by atoms with E-state index in [1.807, 2.05) is 86.6 Å². The van der Waals surface area contributed by atoms with Crippen molar-refractivity contribution in [3.63, 3.8) is 0 Å². The summed E-state index contributed by atoms with van der Waals surface area (Å²) in [6.07, 6.45) is 0. The number of amides is 2. The van der Waals surface area contributed by atoms with Crippen LogP contribution in [0.3, 0.4) is 0 Å². The molecule has 1 aromatic heterocycles. The molecule has 0 saturated carbocycles. The van der Waals surface area contributed by atoms with Crippen LogP contribution in [0.4, 0.5) is 10.5 Å². The van der Waals surface area contributed by atoms with E-state index in [1.54, 1.807) is 46.7 Å². The Labute approximate surface area is 250 Å². The van der Waals surface area contributed by atoms with Crippen LogP contribution in [0.5, 0.6) is 0 Å². The number of para-hydroxylation sites is 1. The van der Waals surface area contributed by atoms with Gasteiger partial charge in [-0.2, -0.15) is 0 Å². The number of hydrogen-bond donors (Lipinski definition) is 1. The zero-order valence-corrected chi connectivity index (χ0v) is 24.8. The molecule has 0 radical (unpaired) electrons. The lowest BCUT2D eigenvalue weighted by atomic mass is 10.1. The molecular formula is C34H35N5O4. The quantitative estimate of drug-likeness (QED) is 0.220. The van der Waals surface area contributed by atoms with Crippen molar-refractivity contribution in [1.82, 2.24) is 19.4 Å². The third-order valence-electron chi connectivity index (χ3n) is 7.33. The van der Waals surface area contributed by atoms with Crippen molar-refractivity contribution in [1.29, 1.82) is 0 Å². The van der Waals surface area contributed by atoms with Crippen molar-refractivity contribution in [3.8, 4) is 5.69 Å². The number of ether oxygens (including phenoxy) is 1. The van der Waals surface area contributed by atoms with Crippen LogP contribution in [0.2, 0.25) is 0 Å². The predicted octanol–water partition coefficient (Wildman–Crippen LogP) is 5.87. The lowest BCUT2D eigenvalue weighted by Gasteiger charge is -2.31. The maximum atomic E-state index is 14.0. The van der Waals surface area contributed by atoms with Gasteiger partial charge in [-0.05, 0) is 87.2 Å². The topological polar surface area (TPSA) is 96.8 Å². The number of likely N-dealkylation sites (N-methyl/N-ethyl adjacent to an activating group) is 1. The van der Waals surface area contributed by atoms with E-state index >= 15 is 0 Å². The molecule has 1 N–H and O–H groups in total. The normalized spacial score (nSPS) is 11.9. The number of hydrogen-bond acceptors (Lipinski definition) is 6. The van der Waals surface area contributed by atoms with Gasteiger partial charge in [-0.15, -0.1) is 0 Å². The number of rotatable bonds is 9. The fourth-order valence-electron chi connectivity index (χ4n) is 5.01. The van der Waals surface area contributed by atoms with Crippen molar-refractivity contribution >= 4 is 39.4 Å². The molecule has 0 bridgehead atoms. The largest absolute Gasteiger partial charge is 0.462 e. The van der Waals surface area contributed by atoms with Crippen molar-refractivity contribution in [3.05, 3.63) is 113 Å². The Hall–Kier alpha value is -5.02. The Kier molecular flexibility index (Phi) is 8.82. The highest BCUT2D eigenvalue weighted by atomic mass is 16.5. The van der Waals surface area contributed by atoms with Crippen LogP contribution in [0.1, 0.15) is 36.1 Å². The van der Waals surface area contributed by atoms with Gasteiger partial charge in [0.1, 0.15) is 5.82 Å². The first-order chi connectivity index (χ1) is 20.8. The van der Waals surface area contributed by atoms with Gasteiger partial charge >= 0.3 is 12.0 Å². The van der Waals surface area contributed by atoms with E-state index in [-0.39, 0.29) is 18.2 Å². The Morgan fingerprint density at radius 2 is 1.60 bits per heavy atom. The number of carbonyl (C=O) groups is 2. The van der Waals surface area contributed by atoms with Gasteiger partial charge in [0, 0.05) is 18.8 Å². The van der Waals surface area contributed by atoms with Crippen LogP contribution in [0.25, 0.3) is 27.4 Å². The van der Waals surface area contributed by atoms with Crippen LogP contribution in [-0.2, 0) is 4.74 Å². The summed E-state index contributed by atoms with van der Waals surface area (Å²) in [5, 5.41) is 5.50. The summed E-state index contributed by atoms with van der Waals surface area (Å²) in [7, 11) is 3.88. The minimum atomic E-state index is -0.581. The van der Waals surface area contributed by atoms with Crippen LogP contribution in [0.15, 0.2) is 95.8 Å². The Bertz CT molecular complexity index is 1830. The van der Waals surface area contributed by atoms with Crippen LogP contribution >= 0.6 is 0 Å². The molecule has 5 rings (SSSR count). The monoisotopic (exact) mass is 577 g/mol. The smallest absolute Gasteiger partial charge is 0.338 e. The molecule has 5 aromatic rings. The second-order valence-corrected chi connectivity index (χ2v) is 10.6. The molecule has 4 aromatic carbocycles. The van der Waals surface area contributed by atoms with E-state index in [2.05, 4.69) is 5.32 Å². The van der Waals surface area contributed by atoms with E-state index in [1.165, 1.54) is 0 Å². The molecule has 2 amide bonds. The fourth-order valence-corrected chi connectivity index (χ4v) is 5.01. The molecule has 1 atom stereocenters. The van der Waals surface area contributed by atoms with E-state index in [0.717, 1.165) is 10.8 Å². The van der Waals surface area contributed by atoms with Crippen molar-refractivity contribution in [2.24, 2.45) is 0 Å². The maximum absolute atomic E-state index is 14.0. The van der Waals surface area contributed by atoms with Gasteiger partial charge < -0.3 is 19.9 Å². The number of esters is 1. The van der Waals surface area contributed by atoms with Gasteiger partial charge in [-0.25, -0.2) is 14.6 Å². The third kappa shape index (κ3) is 6.42. The zero-order chi connectivity index (χ0) is 30.5. The summed E-state index contributed by atoms with van der Waals surface area (Å²) in [4.78, 5) is 48.5. The zero-order valence-electron chi connectivity index (χ0n) is 24.8. The molecule has 0 aliphatic carbocycles. The summed E-state index contributed by atoms with van der Waals surface area (Å²) < 4.78 is 6.67. The van der Waals surface area contributed by atoms with Gasteiger partial charge in [-0.3, -0.25) is 9.36 Å². The van der Waals surface area contributed by atoms with E-state index in [9.17, 15) is 14.4 Å². The summed E-state index contributed by atoms with van der Waals surface area (Å²) in [6, 6.07) is 26.7. The van der Waals surface area contributed by atoms with Crippen molar-refractivity contribution in [2.45, 2.75) is 19.9 Å². The van der Waals surface area contributed by atoms with Crippen LogP contribution in [-0.4, -0.2) is 65.1 Å². The Morgan fingerprint density at radius 3 is 2.33 bits per heavy atom. The molecule has 1 unspecified atom stereocenters. The van der Waals surface area contributed by atoms with Crippen LogP contribution in [0, 0.1) is 0 Å². The van der Waals surface area contributed by atoms with Gasteiger partial charge in [0.2, 0.25) is 0 Å². The third-order valence-corrected chi connectivity index (χ3v) is 7.33. The number of fused-ring (bicyclic) bond motifs is 2. The number of nitrogens with one attached hydrogen (secondary N) is 1. The predicted molar refractivity (Wildman–Crippen MR) is 170 cm³/mol. The Morgan fingerprint density at radius 1 is 0.907 bits per heavy atom. The molecule has 220 valence electrons. The summed E-state index contributed by atoms with van der Waals surface area (Å²) in [6.45, 7) is 4.88. The standard InChI is InChI=1S/C34H35N5O4/c1-5-43-33(41)25-14-17-27(18-15-25)35-34(42)38(21-20-37(3)4)23(2)31-36-30-13-9-8-12-29(30)32(40)39(31)28-19-16-24-10-6-7-11-26(24)22-28/h6-19,22-23H,5,20-21H2,1-4H3,(H,35,42). The molecule has 9 nitrogen and oxygen atoms in total. The molecule has 9 heteroatoms. The highest BCUT2D eigenvalue weighted by molar-refractivity contribution is 5.92. The number of urea groups is 1. The number of benzene rings is 4. The lowest BCUT2D eigenvalue weighted by molar-refractivity contribution is 0.0526. The molecular weight excluding hydrogens is 542 g/mol. The maximum Gasteiger partial charge on any atom is 0.338 e. The van der Waals surface area contributed by atoms with Gasteiger partial charge in [0.15, 0.2) is 0 Å². The second-order valence-electron chi connectivity index (χ2n) is 10.6. The SMILES string of the molecule is CCOC(=O)c1ccc(NC(=O)N(CCN(C)C)C(C)c2nc3ccccc3c(=O)n2-c2ccc3ccccc3c2)cc1. The minimum absolute atomic E-state index is 0.203. The van der Waals surface area contributed by atoms with E-state index < -0.39 is 12.0 Å². The fraction of sp³-hybridized carbons (Fsp3) is 0.235. The molecule has 0 saturated heterocycles. The first-order valence-corrected chi connectivity index (χ1v) is 14.3. The number of nitrogens with zero attached hydrogens (tertiary/aromatic N) is 4. The molecule has 0 spiro atoms. The highest BCUT2D eigenvalue weighted by Crippen LogP contribution is 2.26. The van der Waals surface area contributed by atoms with Crippen molar-refractivity contribution in [2.75, 3.05) is 39.1 Å². The van der Waals surface area contributed by atoms with E-state index in [0.29, 0.717) is 46.8 Å². The van der Waals surface area contributed by atoms with Gasteiger partial charge in [0.05, 0.1) is 34.8 Å². The first kappa shape index (κ1) is 29.5. The van der Waals surface area contributed by atoms with Gasteiger partial charge in [-0.1, -0.05) is 42.5 Å². The number of anilines is 1. The average molecular weight is 578 g/mol. The summed E-state index contributed by atoms with van der Waals surface area (Å²) in [5.74, 6) is 0.0289. The van der Waals surface area contributed by atoms with Crippen LogP contribution < -0.4 is 10.9 Å². The van der Waals surface area contributed by atoms with Gasteiger partial charge in [0.25, 0.3) is 5.56 Å². The molecule has 0 aliphatic rings. The van der Waals surface area contributed by atoms with E-state index in [4.69, 9.17) is 9.72 Å². The minimum Gasteiger partial charge on any atom is -0.462 e. The number of aromatic nitrogens is 2. The molecule has 0 fully saturated rings. The Balaban J connectivity index is 1.56. The molecule has 1 heterocycles. The average Bonchev–Trinajstić information content (AvgIpc) is 3.01. The number of carbonyl (C=O) groups excluding carboxylic acids is 2. The highest BCUT2D eigenvalue weighted by Gasteiger charge is 2.27. The molecule has 0 aliphatic heterocycles. The summed E-state index contributed by atoms with van der Waals surface area (Å²) in [5.41, 5.74) is 1.96. The first-order valence-electron chi connectivity index (χ1n) is 14.3. The van der Waals surface area contributed by atoms with Crippen molar-refractivity contribution < 1.29 is 14.3 Å². The summed E-state index contributed by atoms with van der Waals surface area (Å²) >= 11 is 0. The second kappa shape index (κ2) is 12.9.